The first kappa shape index (κ1) is 18.2. The molecule has 0 aliphatic heterocycles. The van der Waals surface area contributed by atoms with Gasteiger partial charge in [-0.15, -0.1) is 22.7 Å². The Hall–Kier alpha value is -1.61. The number of hydrogen-bond donors (Lipinski definition) is 2. The first-order valence-corrected chi connectivity index (χ1v) is 10.5. The average molecular weight is 394 g/mol. The number of carbonyl (C=O) groups is 1. The molecule has 132 valence electrons. The van der Waals surface area contributed by atoms with Gasteiger partial charge in [0, 0.05) is 13.2 Å². The van der Waals surface area contributed by atoms with Crippen LogP contribution in [0.4, 0.5) is 0 Å². The third-order valence-electron chi connectivity index (χ3n) is 3.37. The van der Waals surface area contributed by atoms with Crippen molar-refractivity contribution in [3.05, 3.63) is 35.0 Å². The molecule has 0 spiro atoms. The Morgan fingerprint density at radius 1 is 1.32 bits per heavy atom. The normalized spacial score (nSPS) is 12.2. The zero-order valence-electron chi connectivity index (χ0n) is 13.9. The number of H-pyrrole nitrogens is 1. The van der Waals surface area contributed by atoms with Crippen LogP contribution in [-0.4, -0.2) is 41.4 Å². The first-order chi connectivity index (χ1) is 12.2. The van der Waals surface area contributed by atoms with Crippen LogP contribution in [0.15, 0.2) is 40.2 Å². The molecule has 2 N–H and O–H groups in total. The van der Waals surface area contributed by atoms with Gasteiger partial charge in [-0.1, -0.05) is 23.9 Å². The minimum absolute atomic E-state index is 0.00180. The SMILES string of the molecule is COCC(C)NC(=O)CSc1nc(-c2cccs2)c(-c2cccs2)[nH]1. The number of hydrogen-bond acceptors (Lipinski definition) is 6. The van der Waals surface area contributed by atoms with Crippen molar-refractivity contribution in [3.8, 4) is 21.1 Å². The summed E-state index contributed by atoms with van der Waals surface area (Å²) in [5.74, 6) is 0.288. The van der Waals surface area contributed by atoms with E-state index in [1.165, 1.54) is 11.8 Å². The summed E-state index contributed by atoms with van der Waals surface area (Å²) in [6.07, 6.45) is 0. The second-order valence-corrected chi connectivity index (χ2v) is 8.29. The fraction of sp³-hybridized carbons (Fsp3) is 0.294. The molecule has 0 aromatic carbocycles. The molecule has 1 atom stereocenters. The fourth-order valence-electron chi connectivity index (χ4n) is 2.35. The van der Waals surface area contributed by atoms with Crippen molar-refractivity contribution in [2.24, 2.45) is 0 Å². The molecule has 3 aromatic rings. The minimum atomic E-state index is -0.0266. The van der Waals surface area contributed by atoms with E-state index >= 15 is 0 Å². The van der Waals surface area contributed by atoms with E-state index in [1.54, 1.807) is 29.8 Å². The van der Waals surface area contributed by atoms with E-state index in [0.717, 1.165) is 26.3 Å². The van der Waals surface area contributed by atoms with E-state index in [9.17, 15) is 4.79 Å². The van der Waals surface area contributed by atoms with Crippen LogP contribution in [0.2, 0.25) is 0 Å². The fourth-order valence-corrected chi connectivity index (χ4v) is 4.48. The Kier molecular flexibility index (Phi) is 6.30. The van der Waals surface area contributed by atoms with Gasteiger partial charge in [-0.3, -0.25) is 4.79 Å². The molecular weight excluding hydrogens is 374 g/mol. The molecule has 3 rings (SSSR count). The number of rotatable bonds is 8. The van der Waals surface area contributed by atoms with Gasteiger partial charge in [0.25, 0.3) is 0 Å². The van der Waals surface area contributed by atoms with Crippen LogP contribution in [-0.2, 0) is 9.53 Å². The first-order valence-electron chi connectivity index (χ1n) is 7.76. The summed E-state index contributed by atoms with van der Waals surface area (Å²) in [7, 11) is 1.62. The van der Waals surface area contributed by atoms with Gasteiger partial charge in [-0.05, 0) is 29.8 Å². The van der Waals surface area contributed by atoms with Crippen molar-refractivity contribution in [1.29, 1.82) is 0 Å². The van der Waals surface area contributed by atoms with Crippen LogP contribution in [0.5, 0.6) is 0 Å². The number of ether oxygens (including phenoxy) is 1. The predicted molar refractivity (Wildman–Crippen MR) is 105 cm³/mol. The summed E-state index contributed by atoms with van der Waals surface area (Å²) in [5, 5.41) is 7.75. The molecule has 8 heteroatoms. The molecule has 0 saturated heterocycles. The van der Waals surface area contributed by atoms with Gasteiger partial charge < -0.3 is 15.0 Å². The predicted octanol–water partition coefficient (Wildman–Crippen LogP) is 4.11. The number of carbonyl (C=O) groups excluding carboxylic acids is 1. The topological polar surface area (TPSA) is 67.0 Å². The van der Waals surface area contributed by atoms with Crippen molar-refractivity contribution >= 4 is 40.3 Å². The maximum atomic E-state index is 12.0. The number of thiophene rings is 2. The average Bonchev–Trinajstić information content (AvgIpc) is 3.32. The number of amides is 1. The van der Waals surface area contributed by atoms with E-state index < -0.39 is 0 Å². The van der Waals surface area contributed by atoms with E-state index in [4.69, 9.17) is 9.72 Å². The molecule has 0 aliphatic carbocycles. The lowest BCUT2D eigenvalue weighted by atomic mass is 10.2. The minimum Gasteiger partial charge on any atom is -0.383 e. The molecule has 1 amide bonds. The Morgan fingerprint density at radius 2 is 2.04 bits per heavy atom. The van der Waals surface area contributed by atoms with Crippen LogP contribution >= 0.6 is 34.4 Å². The summed E-state index contributed by atoms with van der Waals surface area (Å²) < 4.78 is 5.03. The zero-order valence-corrected chi connectivity index (χ0v) is 16.4. The van der Waals surface area contributed by atoms with Gasteiger partial charge in [0.2, 0.25) is 5.91 Å². The van der Waals surface area contributed by atoms with Crippen LogP contribution in [0.1, 0.15) is 6.92 Å². The summed E-state index contributed by atoms with van der Waals surface area (Å²) in [5.41, 5.74) is 1.95. The molecule has 3 heterocycles. The van der Waals surface area contributed by atoms with E-state index in [-0.39, 0.29) is 11.9 Å². The van der Waals surface area contributed by atoms with Gasteiger partial charge in [0.05, 0.1) is 27.8 Å². The molecule has 0 fully saturated rings. The molecule has 1 unspecified atom stereocenters. The third kappa shape index (κ3) is 4.72. The second-order valence-electron chi connectivity index (χ2n) is 5.43. The number of nitrogens with one attached hydrogen (secondary N) is 2. The van der Waals surface area contributed by atoms with Gasteiger partial charge in [0.15, 0.2) is 5.16 Å². The molecule has 0 bridgehead atoms. The van der Waals surface area contributed by atoms with E-state index in [0.29, 0.717) is 12.4 Å². The molecule has 0 aliphatic rings. The van der Waals surface area contributed by atoms with Crippen molar-refractivity contribution < 1.29 is 9.53 Å². The lowest BCUT2D eigenvalue weighted by Gasteiger charge is -2.11. The van der Waals surface area contributed by atoms with Crippen molar-refractivity contribution in [3.63, 3.8) is 0 Å². The van der Waals surface area contributed by atoms with Crippen LogP contribution in [0.3, 0.4) is 0 Å². The smallest absolute Gasteiger partial charge is 0.230 e. The second kappa shape index (κ2) is 8.66. The summed E-state index contributed by atoms with van der Waals surface area (Å²) in [4.78, 5) is 22.4. The van der Waals surface area contributed by atoms with Crippen molar-refractivity contribution in [2.75, 3.05) is 19.5 Å². The molecule has 5 nitrogen and oxygen atoms in total. The standard InChI is InChI=1S/C17H19N3O2S3/c1-11(9-22-2)18-14(21)10-25-17-19-15(12-5-3-7-23-12)16(20-17)13-6-4-8-24-13/h3-8,11H,9-10H2,1-2H3,(H,18,21)(H,19,20). The maximum absolute atomic E-state index is 12.0. The van der Waals surface area contributed by atoms with Gasteiger partial charge in [-0.25, -0.2) is 4.98 Å². The highest BCUT2D eigenvalue weighted by molar-refractivity contribution is 7.99. The Balaban J connectivity index is 1.72. The van der Waals surface area contributed by atoms with Crippen LogP contribution in [0, 0.1) is 0 Å². The maximum Gasteiger partial charge on any atom is 0.230 e. The summed E-state index contributed by atoms with van der Waals surface area (Å²) in [6.45, 7) is 2.42. The van der Waals surface area contributed by atoms with Crippen molar-refractivity contribution in [2.45, 2.75) is 18.1 Å². The monoisotopic (exact) mass is 393 g/mol. The number of thioether (sulfide) groups is 1. The highest BCUT2D eigenvalue weighted by Gasteiger charge is 2.17. The van der Waals surface area contributed by atoms with E-state index in [2.05, 4.69) is 22.4 Å². The van der Waals surface area contributed by atoms with Crippen molar-refractivity contribution in [1.82, 2.24) is 15.3 Å². The van der Waals surface area contributed by atoms with Crippen LogP contribution in [0.25, 0.3) is 21.1 Å². The molecular formula is C17H19N3O2S3. The third-order valence-corrected chi connectivity index (χ3v) is 6.01. The number of aromatic amines is 1. The summed E-state index contributed by atoms with van der Waals surface area (Å²) in [6, 6.07) is 8.17. The Morgan fingerprint density at radius 3 is 2.68 bits per heavy atom. The van der Waals surface area contributed by atoms with E-state index in [1.807, 2.05) is 29.8 Å². The molecule has 0 radical (unpaired) electrons. The molecule has 25 heavy (non-hydrogen) atoms. The molecule has 0 saturated carbocycles. The number of nitrogens with zero attached hydrogens (tertiary/aromatic N) is 1. The number of methoxy groups -OCH3 is 1. The zero-order chi connectivity index (χ0) is 17.6. The van der Waals surface area contributed by atoms with Crippen LogP contribution < -0.4 is 5.32 Å². The van der Waals surface area contributed by atoms with Gasteiger partial charge >= 0.3 is 0 Å². The largest absolute Gasteiger partial charge is 0.383 e. The van der Waals surface area contributed by atoms with Gasteiger partial charge in [-0.2, -0.15) is 0 Å². The highest BCUT2D eigenvalue weighted by atomic mass is 32.2. The van der Waals surface area contributed by atoms with Gasteiger partial charge in [0.1, 0.15) is 5.69 Å². The lowest BCUT2D eigenvalue weighted by Crippen LogP contribution is -2.36. The Labute approximate surface area is 158 Å². The Bertz CT molecular complexity index is 746. The lowest BCUT2D eigenvalue weighted by molar-refractivity contribution is -0.119. The number of aromatic nitrogens is 2. The summed E-state index contributed by atoms with van der Waals surface area (Å²) >= 11 is 4.74. The number of imidazole rings is 1. The highest BCUT2D eigenvalue weighted by Crippen LogP contribution is 2.36. The molecule has 3 aromatic heterocycles. The quantitative estimate of drug-likeness (QED) is 0.565.